The van der Waals surface area contributed by atoms with Crippen molar-refractivity contribution in [3.05, 3.63) is 57.9 Å². The molecule has 5 rings (SSSR count). The first kappa shape index (κ1) is 19.7. The number of rotatable bonds is 4. The van der Waals surface area contributed by atoms with Gasteiger partial charge in [-0.05, 0) is 36.2 Å². The molecule has 0 bridgehead atoms. The van der Waals surface area contributed by atoms with E-state index in [1.165, 1.54) is 4.90 Å². The summed E-state index contributed by atoms with van der Waals surface area (Å²) in [5.74, 6) is -0.557. The lowest BCUT2D eigenvalue weighted by atomic mass is 10.0. The van der Waals surface area contributed by atoms with Crippen LogP contribution in [0, 0.1) is 0 Å². The zero-order valence-electron chi connectivity index (χ0n) is 17.2. The lowest BCUT2D eigenvalue weighted by molar-refractivity contribution is -0.136. The van der Waals surface area contributed by atoms with Crippen molar-refractivity contribution >= 4 is 40.7 Å². The van der Waals surface area contributed by atoms with Gasteiger partial charge in [0.1, 0.15) is 17.2 Å². The minimum absolute atomic E-state index is 0.173. The lowest BCUT2D eigenvalue weighted by Gasteiger charge is -2.29. The molecule has 2 N–H and O–H groups in total. The number of carbonyl (C=O) groups is 3. The Morgan fingerprint density at radius 2 is 2.06 bits per heavy atom. The number of nitrogens with zero attached hydrogens (tertiary/aromatic N) is 3. The zero-order chi connectivity index (χ0) is 22.6. The highest BCUT2D eigenvalue weighted by Crippen LogP contribution is 2.29. The molecule has 2 aliphatic heterocycles. The molecule has 162 valence electrons. The number of nitrogens with one attached hydrogen (secondary N) is 2. The Morgan fingerprint density at radius 3 is 2.78 bits per heavy atom. The fourth-order valence-corrected chi connectivity index (χ4v) is 4.19. The third kappa shape index (κ3) is 2.91. The molecule has 1 atom stereocenters. The third-order valence-electron chi connectivity index (χ3n) is 5.81. The Balaban J connectivity index is 1.52. The highest BCUT2D eigenvalue weighted by Gasteiger charge is 2.39. The van der Waals surface area contributed by atoms with Gasteiger partial charge in [0.15, 0.2) is 0 Å². The fraction of sp³-hybridized carbons (Fsp3) is 0.227. The predicted molar refractivity (Wildman–Crippen MR) is 115 cm³/mol. The van der Waals surface area contributed by atoms with Crippen LogP contribution in [0.3, 0.4) is 0 Å². The zero-order valence-corrected chi connectivity index (χ0v) is 17.2. The van der Waals surface area contributed by atoms with Crippen molar-refractivity contribution in [1.29, 1.82) is 0 Å². The van der Waals surface area contributed by atoms with Gasteiger partial charge in [0, 0.05) is 31.1 Å². The van der Waals surface area contributed by atoms with Crippen LogP contribution in [0.2, 0.25) is 0 Å². The molecule has 2 aliphatic rings. The van der Waals surface area contributed by atoms with Crippen LogP contribution in [0.1, 0.15) is 34.3 Å². The minimum Gasteiger partial charge on any atom is -0.373 e. The highest BCUT2D eigenvalue weighted by molar-refractivity contribution is 6.05. The number of amides is 3. The molecule has 1 saturated heterocycles. The SMILES string of the molecule is C=Cc1cc2c(=O)n(-c3ccc4c(c3)CN(C3CCC(=O)NC3=O)C4=O)oc2nc1NC. The largest absolute Gasteiger partial charge is 0.373 e. The van der Waals surface area contributed by atoms with Gasteiger partial charge in [-0.15, -0.1) is 4.74 Å². The Bertz CT molecular complexity index is 1390. The van der Waals surface area contributed by atoms with Gasteiger partial charge in [0.25, 0.3) is 17.2 Å². The third-order valence-corrected chi connectivity index (χ3v) is 5.81. The number of carbonyl (C=O) groups excluding carboxylic acids is 3. The molecule has 10 nitrogen and oxygen atoms in total. The van der Waals surface area contributed by atoms with Crippen molar-refractivity contribution in [2.24, 2.45) is 0 Å². The van der Waals surface area contributed by atoms with E-state index in [0.717, 1.165) is 4.74 Å². The van der Waals surface area contributed by atoms with Gasteiger partial charge in [-0.25, -0.2) is 0 Å². The topological polar surface area (TPSA) is 127 Å². The van der Waals surface area contributed by atoms with E-state index in [-0.39, 0.29) is 42.5 Å². The molecule has 1 aromatic carbocycles. The van der Waals surface area contributed by atoms with Gasteiger partial charge in [0.05, 0.1) is 5.69 Å². The van der Waals surface area contributed by atoms with Gasteiger partial charge >= 0.3 is 0 Å². The lowest BCUT2D eigenvalue weighted by Crippen LogP contribution is -2.52. The van der Waals surface area contributed by atoms with Crippen LogP contribution in [-0.4, -0.2) is 45.4 Å². The van der Waals surface area contributed by atoms with Crippen molar-refractivity contribution in [1.82, 2.24) is 19.9 Å². The van der Waals surface area contributed by atoms with Crippen LogP contribution in [0.4, 0.5) is 5.82 Å². The fourth-order valence-electron chi connectivity index (χ4n) is 4.19. The molecule has 32 heavy (non-hydrogen) atoms. The van der Waals surface area contributed by atoms with Crippen LogP contribution in [-0.2, 0) is 16.1 Å². The molecular formula is C22H19N5O5. The van der Waals surface area contributed by atoms with Crippen molar-refractivity contribution in [2.75, 3.05) is 12.4 Å². The predicted octanol–water partition coefficient (Wildman–Crippen LogP) is 1.42. The molecule has 1 unspecified atom stereocenters. The maximum absolute atomic E-state index is 13.0. The second kappa shape index (κ2) is 7.19. The van der Waals surface area contributed by atoms with E-state index in [1.807, 2.05) is 0 Å². The minimum atomic E-state index is -0.702. The summed E-state index contributed by atoms with van der Waals surface area (Å²) in [5.41, 5.74) is 2.02. The molecule has 0 saturated carbocycles. The first-order valence-electron chi connectivity index (χ1n) is 10.1. The molecule has 0 radical (unpaired) electrons. The smallest absolute Gasteiger partial charge is 0.296 e. The first-order chi connectivity index (χ1) is 15.4. The molecule has 10 heteroatoms. The van der Waals surface area contributed by atoms with Crippen molar-refractivity contribution in [3.63, 3.8) is 0 Å². The summed E-state index contributed by atoms with van der Waals surface area (Å²) < 4.78 is 6.83. The molecule has 3 aromatic rings. The summed E-state index contributed by atoms with van der Waals surface area (Å²) in [6, 6.07) is 5.87. The Kier molecular flexibility index (Phi) is 4.43. The number of aromatic nitrogens is 2. The molecule has 4 heterocycles. The molecule has 2 aromatic heterocycles. The van der Waals surface area contributed by atoms with E-state index in [1.54, 1.807) is 37.4 Å². The molecular weight excluding hydrogens is 414 g/mol. The standard InChI is InChI=1S/C22H19N5O5/c1-3-11-9-15-20(25-18(11)23-2)32-27(22(15)31)13-4-5-14-12(8-13)10-26(21(14)30)16-6-7-17(28)24-19(16)29/h3-5,8-9,16H,1,6-7,10H2,2H3,(H,23,25)(H,24,28,29). The van der Waals surface area contributed by atoms with E-state index in [9.17, 15) is 19.2 Å². The number of hydrogen-bond acceptors (Lipinski definition) is 7. The number of piperidine rings is 1. The van der Waals surface area contributed by atoms with Crippen LogP contribution < -0.4 is 16.2 Å². The molecule has 3 amide bonds. The molecule has 0 spiro atoms. The van der Waals surface area contributed by atoms with Gasteiger partial charge in [-0.3, -0.25) is 24.5 Å². The van der Waals surface area contributed by atoms with Crippen molar-refractivity contribution in [2.45, 2.75) is 25.4 Å². The maximum atomic E-state index is 13.0. The highest BCUT2D eigenvalue weighted by atomic mass is 16.5. The Labute approximate surface area is 181 Å². The second-order valence-electron chi connectivity index (χ2n) is 7.67. The number of hydrogen-bond donors (Lipinski definition) is 2. The summed E-state index contributed by atoms with van der Waals surface area (Å²) in [4.78, 5) is 55.3. The van der Waals surface area contributed by atoms with Crippen LogP contribution in [0.15, 0.2) is 40.2 Å². The van der Waals surface area contributed by atoms with E-state index in [0.29, 0.717) is 33.6 Å². The van der Waals surface area contributed by atoms with Crippen LogP contribution >= 0.6 is 0 Å². The number of pyridine rings is 1. The maximum Gasteiger partial charge on any atom is 0.296 e. The van der Waals surface area contributed by atoms with Crippen LogP contribution in [0.5, 0.6) is 0 Å². The van der Waals surface area contributed by atoms with Crippen LogP contribution in [0.25, 0.3) is 22.9 Å². The molecule has 0 aliphatic carbocycles. The van der Waals surface area contributed by atoms with Crippen molar-refractivity contribution < 1.29 is 18.9 Å². The van der Waals surface area contributed by atoms with E-state index >= 15 is 0 Å². The van der Waals surface area contributed by atoms with Gasteiger partial charge in [-0.1, -0.05) is 12.7 Å². The average molecular weight is 433 g/mol. The molecule has 1 fully saturated rings. The summed E-state index contributed by atoms with van der Waals surface area (Å²) in [6.45, 7) is 3.94. The normalized spacial score (nSPS) is 18.1. The average Bonchev–Trinajstić information content (AvgIpc) is 3.29. The summed E-state index contributed by atoms with van der Waals surface area (Å²) in [7, 11) is 1.71. The van der Waals surface area contributed by atoms with E-state index < -0.39 is 11.9 Å². The number of fused-ring (bicyclic) bond motifs is 2. The second-order valence-corrected chi connectivity index (χ2v) is 7.67. The summed E-state index contributed by atoms with van der Waals surface area (Å²) in [5, 5.41) is 5.52. The van der Waals surface area contributed by atoms with Gasteiger partial charge in [0.2, 0.25) is 11.8 Å². The first-order valence-corrected chi connectivity index (χ1v) is 10.1. The Hall–Kier alpha value is -4.21. The van der Waals surface area contributed by atoms with Gasteiger partial charge in [-0.2, -0.15) is 4.98 Å². The number of benzene rings is 1. The quantitative estimate of drug-likeness (QED) is 0.596. The monoisotopic (exact) mass is 433 g/mol. The van der Waals surface area contributed by atoms with E-state index in [4.69, 9.17) is 4.52 Å². The van der Waals surface area contributed by atoms with Gasteiger partial charge < -0.3 is 14.7 Å². The summed E-state index contributed by atoms with van der Waals surface area (Å²) >= 11 is 0. The van der Waals surface area contributed by atoms with E-state index in [2.05, 4.69) is 22.2 Å². The Morgan fingerprint density at radius 1 is 1.25 bits per heavy atom. The number of anilines is 1. The number of imide groups is 1. The van der Waals surface area contributed by atoms with Crippen molar-refractivity contribution in [3.8, 4) is 5.69 Å². The summed E-state index contributed by atoms with van der Waals surface area (Å²) in [6.07, 6.45) is 2.06.